The Kier molecular flexibility index (Phi) is 3.47. The van der Waals surface area contributed by atoms with Crippen LogP contribution < -0.4 is 4.74 Å². The molecule has 0 saturated carbocycles. The second kappa shape index (κ2) is 5.42. The van der Waals surface area contributed by atoms with Crippen molar-refractivity contribution < 1.29 is 18.8 Å². The van der Waals surface area contributed by atoms with Crippen molar-refractivity contribution in [2.45, 2.75) is 13.3 Å². The summed E-state index contributed by atoms with van der Waals surface area (Å²) >= 11 is 0. The van der Waals surface area contributed by atoms with E-state index in [4.69, 9.17) is 14.0 Å². The highest BCUT2D eigenvalue weighted by molar-refractivity contribution is 5.75. The molecule has 1 atom stereocenters. The van der Waals surface area contributed by atoms with E-state index in [1.165, 1.54) is 0 Å². The molecule has 0 amide bonds. The molecule has 0 N–H and O–H groups in total. The van der Waals surface area contributed by atoms with Crippen LogP contribution >= 0.6 is 0 Å². The van der Waals surface area contributed by atoms with Crippen LogP contribution in [0.3, 0.4) is 0 Å². The number of carbonyl (C=O) groups excluding carboxylic acids is 1. The van der Waals surface area contributed by atoms with Gasteiger partial charge in [0.05, 0.1) is 12.5 Å². The zero-order valence-corrected chi connectivity index (χ0v) is 11.0. The maximum absolute atomic E-state index is 11.8. The van der Waals surface area contributed by atoms with Crippen LogP contribution in [-0.4, -0.2) is 29.3 Å². The number of aryl methyl sites for hydroxylation is 1. The molecule has 1 saturated heterocycles. The first kappa shape index (κ1) is 12.8. The van der Waals surface area contributed by atoms with Crippen molar-refractivity contribution in [3.8, 4) is 17.1 Å². The van der Waals surface area contributed by atoms with Crippen LogP contribution in [0, 0.1) is 12.8 Å². The van der Waals surface area contributed by atoms with Gasteiger partial charge in [-0.3, -0.25) is 4.79 Å². The molecule has 0 aliphatic carbocycles. The largest absolute Gasteiger partial charge is 0.426 e. The molecule has 104 valence electrons. The lowest BCUT2D eigenvalue weighted by molar-refractivity contribution is -0.138. The van der Waals surface area contributed by atoms with E-state index in [1.807, 2.05) is 0 Å². The second-order valence-corrected chi connectivity index (χ2v) is 4.64. The molecule has 2 heterocycles. The van der Waals surface area contributed by atoms with Gasteiger partial charge in [-0.05, 0) is 30.7 Å². The van der Waals surface area contributed by atoms with Gasteiger partial charge in [-0.25, -0.2) is 0 Å². The lowest BCUT2D eigenvalue weighted by Gasteiger charge is -2.08. The average Bonchev–Trinajstić information content (AvgIpc) is 3.10. The van der Waals surface area contributed by atoms with Gasteiger partial charge < -0.3 is 14.0 Å². The van der Waals surface area contributed by atoms with Gasteiger partial charge in [-0.1, -0.05) is 5.16 Å². The first-order chi connectivity index (χ1) is 9.72. The topological polar surface area (TPSA) is 74.5 Å². The van der Waals surface area contributed by atoms with Crippen LogP contribution in [0.25, 0.3) is 11.4 Å². The molecule has 2 aromatic rings. The Bertz CT molecular complexity index is 600. The van der Waals surface area contributed by atoms with Crippen molar-refractivity contribution in [3.05, 3.63) is 30.2 Å². The number of hydrogen-bond acceptors (Lipinski definition) is 6. The van der Waals surface area contributed by atoms with Crippen molar-refractivity contribution in [1.29, 1.82) is 0 Å². The van der Waals surface area contributed by atoms with Crippen LogP contribution in [0.1, 0.15) is 12.3 Å². The molecule has 1 aromatic carbocycles. The number of rotatable bonds is 3. The Morgan fingerprint density at radius 3 is 2.75 bits per heavy atom. The Morgan fingerprint density at radius 2 is 2.15 bits per heavy atom. The monoisotopic (exact) mass is 274 g/mol. The first-order valence-corrected chi connectivity index (χ1v) is 6.42. The predicted molar refractivity (Wildman–Crippen MR) is 69.0 cm³/mol. The summed E-state index contributed by atoms with van der Waals surface area (Å²) in [6.45, 7) is 2.80. The molecule has 3 rings (SSSR count). The summed E-state index contributed by atoms with van der Waals surface area (Å²) in [6.07, 6.45) is 0.721. The number of ether oxygens (including phenoxy) is 2. The Morgan fingerprint density at radius 1 is 1.35 bits per heavy atom. The van der Waals surface area contributed by atoms with Crippen LogP contribution in [0.4, 0.5) is 0 Å². The molecular formula is C14H14N2O4. The van der Waals surface area contributed by atoms with Crippen molar-refractivity contribution >= 4 is 5.97 Å². The second-order valence-electron chi connectivity index (χ2n) is 4.64. The smallest absolute Gasteiger partial charge is 0.316 e. The maximum Gasteiger partial charge on any atom is 0.316 e. The van der Waals surface area contributed by atoms with Gasteiger partial charge in [0.2, 0.25) is 11.7 Å². The third-order valence-electron chi connectivity index (χ3n) is 3.12. The maximum atomic E-state index is 11.8. The van der Waals surface area contributed by atoms with Crippen LogP contribution in [-0.2, 0) is 9.53 Å². The lowest BCUT2D eigenvalue weighted by atomic mass is 10.1. The van der Waals surface area contributed by atoms with Crippen molar-refractivity contribution in [1.82, 2.24) is 10.1 Å². The molecule has 0 unspecified atom stereocenters. The number of esters is 1. The third kappa shape index (κ3) is 2.70. The van der Waals surface area contributed by atoms with E-state index in [1.54, 1.807) is 31.2 Å². The minimum absolute atomic E-state index is 0.158. The quantitative estimate of drug-likeness (QED) is 0.629. The fraction of sp³-hybridized carbons (Fsp3) is 0.357. The van der Waals surface area contributed by atoms with E-state index in [-0.39, 0.29) is 11.9 Å². The zero-order valence-electron chi connectivity index (χ0n) is 11.0. The number of hydrogen-bond donors (Lipinski definition) is 0. The molecule has 1 aliphatic rings. The van der Waals surface area contributed by atoms with Gasteiger partial charge in [0, 0.05) is 19.1 Å². The fourth-order valence-corrected chi connectivity index (χ4v) is 2.01. The summed E-state index contributed by atoms with van der Waals surface area (Å²) < 4.78 is 15.4. The van der Waals surface area contributed by atoms with E-state index < -0.39 is 0 Å². The predicted octanol–water partition coefficient (Wildman–Crippen LogP) is 1.99. The Balaban J connectivity index is 1.68. The first-order valence-electron chi connectivity index (χ1n) is 6.42. The molecular weight excluding hydrogens is 260 g/mol. The van der Waals surface area contributed by atoms with Gasteiger partial charge >= 0.3 is 5.97 Å². The molecule has 0 bridgehead atoms. The Hall–Kier alpha value is -2.21. The van der Waals surface area contributed by atoms with Gasteiger partial charge in [0.1, 0.15) is 5.75 Å². The molecule has 1 aliphatic heterocycles. The highest BCUT2D eigenvalue weighted by Crippen LogP contribution is 2.22. The minimum Gasteiger partial charge on any atom is -0.426 e. The number of benzene rings is 1. The minimum atomic E-state index is -0.245. The van der Waals surface area contributed by atoms with Crippen molar-refractivity contribution in [3.63, 3.8) is 0 Å². The number of aromatic nitrogens is 2. The molecule has 1 aromatic heterocycles. The highest BCUT2D eigenvalue weighted by atomic mass is 16.5. The molecule has 20 heavy (non-hydrogen) atoms. The molecule has 6 heteroatoms. The summed E-state index contributed by atoms with van der Waals surface area (Å²) in [5.41, 5.74) is 0.811. The van der Waals surface area contributed by atoms with Gasteiger partial charge in [0.25, 0.3) is 0 Å². The van der Waals surface area contributed by atoms with E-state index in [0.29, 0.717) is 30.7 Å². The summed E-state index contributed by atoms with van der Waals surface area (Å²) in [7, 11) is 0. The van der Waals surface area contributed by atoms with Crippen LogP contribution in [0.2, 0.25) is 0 Å². The van der Waals surface area contributed by atoms with Crippen LogP contribution in [0.15, 0.2) is 28.8 Å². The van der Waals surface area contributed by atoms with E-state index in [9.17, 15) is 4.79 Å². The van der Waals surface area contributed by atoms with E-state index in [2.05, 4.69) is 10.1 Å². The fourth-order valence-electron chi connectivity index (χ4n) is 2.01. The van der Waals surface area contributed by atoms with Crippen molar-refractivity contribution in [2.24, 2.45) is 5.92 Å². The standard InChI is InChI=1S/C14H14N2O4/c1-9-15-13(16-20-9)10-2-4-12(5-3-10)19-14(17)11-6-7-18-8-11/h2-5,11H,6-8H2,1H3/t11-/m1/s1. The van der Waals surface area contributed by atoms with Gasteiger partial charge in [0.15, 0.2) is 0 Å². The van der Waals surface area contributed by atoms with Crippen molar-refractivity contribution in [2.75, 3.05) is 13.2 Å². The zero-order chi connectivity index (χ0) is 13.9. The third-order valence-corrected chi connectivity index (χ3v) is 3.12. The van der Waals surface area contributed by atoms with Crippen LogP contribution in [0.5, 0.6) is 5.75 Å². The highest BCUT2D eigenvalue weighted by Gasteiger charge is 2.25. The lowest BCUT2D eigenvalue weighted by Crippen LogP contribution is -2.20. The normalized spacial score (nSPS) is 18.1. The van der Waals surface area contributed by atoms with E-state index in [0.717, 1.165) is 12.0 Å². The number of nitrogens with zero attached hydrogens (tertiary/aromatic N) is 2. The van der Waals surface area contributed by atoms with Gasteiger partial charge in [-0.2, -0.15) is 4.98 Å². The molecule has 1 fully saturated rings. The average molecular weight is 274 g/mol. The summed E-state index contributed by atoms with van der Waals surface area (Å²) in [5, 5.41) is 3.83. The Labute approximate surface area is 115 Å². The molecule has 0 spiro atoms. The SMILES string of the molecule is Cc1nc(-c2ccc(OC(=O)[C@@H]3CCOC3)cc2)no1. The summed E-state index contributed by atoms with van der Waals surface area (Å²) in [5.74, 6) is 1.13. The summed E-state index contributed by atoms with van der Waals surface area (Å²) in [4.78, 5) is 16.0. The molecule has 6 nitrogen and oxygen atoms in total. The molecule has 0 radical (unpaired) electrons. The number of carbonyl (C=O) groups is 1. The van der Waals surface area contributed by atoms with Gasteiger partial charge in [-0.15, -0.1) is 0 Å². The van der Waals surface area contributed by atoms with E-state index >= 15 is 0 Å². The summed E-state index contributed by atoms with van der Waals surface area (Å²) in [6, 6.07) is 7.01.